The van der Waals surface area contributed by atoms with Crippen molar-refractivity contribution in [1.82, 2.24) is 0 Å². The van der Waals surface area contributed by atoms with Crippen molar-refractivity contribution in [3.63, 3.8) is 0 Å². The van der Waals surface area contributed by atoms with Gasteiger partial charge < -0.3 is 19.7 Å². The molecule has 8 nitrogen and oxygen atoms in total. The highest BCUT2D eigenvalue weighted by atomic mass is 16.6. The molecule has 0 aromatic rings. The van der Waals surface area contributed by atoms with E-state index in [0.29, 0.717) is 12.8 Å². The highest BCUT2D eigenvalue weighted by Crippen LogP contribution is 2.10. The summed E-state index contributed by atoms with van der Waals surface area (Å²) in [6.07, 6.45) is 2.81. The van der Waals surface area contributed by atoms with E-state index in [2.05, 4.69) is 0 Å². The molecule has 2 atom stereocenters. The molecule has 0 aliphatic carbocycles. The smallest absolute Gasteiger partial charge is 0.344 e. The molecule has 0 spiro atoms. The normalized spacial score (nSPS) is 12.9. The lowest BCUT2D eigenvalue weighted by Crippen LogP contribution is -2.23. The lowest BCUT2D eigenvalue weighted by molar-refractivity contribution is -0.162. The van der Waals surface area contributed by atoms with Crippen molar-refractivity contribution in [2.75, 3.05) is 0 Å². The lowest BCUT2D eigenvalue weighted by atomic mass is 10.1. The van der Waals surface area contributed by atoms with Crippen molar-refractivity contribution >= 4 is 23.9 Å². The second-order valence-electron chi connectivity index (χ2n) is 5.56. The molecular weight excluding hydrogens is 320 g/mol. The van der Waals surface area contributed by atoms with E-state index in [0.717, 1.165) is 25.7 Å². The number of ether oxygens (including phenoxy) is 2. The van der Waals surface area contributed by atoms with Crippen molar-refractivity contribution in [3.05, 3.63) is 0 Å². The van der Waals surface area contributed by atoms with Crippen LogP contribution in [0.1, 0.15) is 65.2 Å². The highest BCUT2D eigenvalue weighted by molar-refractivity contribution is 5.78. The number of hydrogen-bond acceptors (Lipinski definition) is 6. The van der Waals surface area contributed by atoms with Crippen molar-refractivity contribution in [2.24, 2.45) is 0 Å². The molecule has 2 N–H and O–H groups in total. The quantitative estimate of drug-likeness (QED) is 0.383. The van der Waals surface area contributed by atoms with Crippen LogP contribution >= 0.6 is 0 Å². The first-order chi connectivity index (χ1) is 11.2. The first-order valence-corrected chi connectivity index (χ1v) is 8.08. The minimum Gasteiger partial charge on any atom is -0.479 e. The van der Waals surface area contributed by atoms with Crippen LogP contribution in [0.3, 0.4) is 0 Å². The summed E-state index contributed by atoms with van der Waals surface area (Å²) in [4.78, 5) is 43.7. The maximum absolute atomic E-state index is 11.3. The van der Waals surface area contributed by atoms with Crippen molar-refractivity contribution in [1.29, 1.82) is 0 Å². The molecule has 138 valence electrons. The van der Waals surface area contributed by atoms with Crippen LogP contribution in [-0.4, -0.2) is 46.3 Å². The van der Waals surface area contributed by atoms with Gasteiger partial charge in [-0.05, 0) is 26.7 Å². The molecule has 0 aromatic heterocycles. The summed E-state index contributed by atoms with van der Waals surface area (Å²) >= 11 is 0. The van der Waals surface area contributed by atoms with E-state index in [4.69, 9.17) is 19.7 Å². The van der Waals surface area contributed by atoms with Crippen LogP contribution < -0.4 is 0 Å². The largest absolute Gasteiger partial charge is 0.479 e. The Bertz CT molecular complexity index is 392. The Morgan fingerprint density at radius 2 is 0.958 bits per heavy atom. The SMILES string of the molecule is CC(OC(=O)CCCCCCCCC(=O)OC(C)C(=O)O)C(=O)O. The van der Waals surface area contributed by atoms with E-state index in [1.807, 2.05) is 0 Å². The maximum Gasteiger partial charge on any atom is 0.344 e. The zero-order valence-electron chi connectivity index (χ0n) is 14.2. The minimum absolute atomic E-state index is 0.191. The van der Waals surface area contributed by atoms with E-state index >= 15 is 0 Å². The number of esters is 2. The summed E-state index contributed by atoms with van der Waals surface area (Å²) in [6, 6.07) is 0. The van der Waals surface area contributed by atoms with Gasteiger partial charge in [0.15, 0.2) is 12.2 Å². The first kappa shape index (κ1) is 21.9. The van der Waals surface area contributed by atoms with Crippen molar-refractivity contribution in [3.8, 4) is 0 Å². The first-order valence-electron chi connectivity index (χ1n) is 8.08. The van der Waals surface area contributed by atoms with Crippen LogP contribution in [-0.2, 0) is 28.7 Å². The Morgan fingerprint density at radius 1 is 0.667 bits per heavy atom. The Hall–Kier alpha value is -2.12. The molecule has 0 aliphatic rings. The van der Waals surface area contributed by atoms with E-state index in [-0.39, 0.29) is 12.8 Å². The second kappa shape index (κ2) is 12.3. The third-order valence-corrected chi connectivity index (χ3v) is 3.32. The number of unbranched alkanes of at least 4 members (excludes halogenated alkanes) is 5. The van der Waals surface area contributed by atoms with Crippen LogP contribution in [0.5, 0.6) is 0 Å². The average molecular weight is 346 g/mol. The van der Waals surface area contributed by atoms with Gasteiger partial charge in [-0.1, -0.05) is 25.7 Å². The molecule has 0 bridgehead atoms. The van der Waals surface area contributed by atoms with Crippen LogP contribution in [0.25, 0.3) is 0 Å². The van der Waals surface area contributed by atoms with Crippen LogP contribution in [0.2, 0.25) is 0 Å². The average Bonchev–Trinajstić information content (AvgIpc) is 2.49. The number of carboxylic acids is 2. The van der Waals surface area contributed by atoms with Gasteiger partial charge in [-0.2, -0.15) is 0 Å². The van der Waals surface area contributed by atoms with Gasteiger partial charge in [0.2, 0.25) is 0 Å². The summed E-state index contributed by atoms with van der Waals surface area (Å²) in [7, 11) is 0. The second-order valence-corrected chi connectivity index (χ2v) is 5.56. The third-order valence-electron chi connectivity index (χ3n) is 3.32. The lowest BCUT2D eigenvalue weighted by Gasteiger charge is -2.09. The molecule has 8 heteroatoms. The van der Waals surface area contributed by atoms with E-state index < -0.39 is 36.1 Å². The zero-order valence-corrected chi connectivity index (χ0v) is 14.2. The molecule has 0 aliphatic heterocycles. The fraction of sp³-hybridized carbons (Fsp3) is 0.750. The van der Waals surface area contributed by atoms with Gasteiger partial charge in [0, 0.05) is 12.8 Å². The zero-order chi connectivity index (χ0) is 18.5. The molecular formula is C16H26O8. The number of carbonyl (C=O) groups excluding carboxylic acids is 2. The Labute approximate surface area is 141 Å². The van der Waals surface area contributed by atoms with Gasteiger partial charge in [-0.15, -0.1) is 0 Å². The predicted octanol–water partition coefficient (Wildman–Crippen LogP) is 2.14. The highest BCUT2D eigenvalue weighted by Gasteiger charge is 2.16. The number of rotatable bonds is 13. The fourth-order valence-electron chi connectivity index (χ4n) is 1.86. The monoisotopic (exact) mass is 346 g/mol. The molecule has 0 radical (unpaired) electrons. The molecule has 0 fully saturated rings. The molecule has 0 amide bonds. The summed E-state index contributed by atoms with van der Waals surface area (Å²) in [5, 5.41) is 17.2. The molecule has 0 rings (SSSR count). The summed E-state index contributed by atoms with van der Waals surface area (Å²) in [5.74, 6) is -3.36. The van der Waals surface area contributed by atoms with Crippen LogP contribution in [0, 0.1) is 0 Å². The number of aliphatic carboxylic acids is 2. The van der Waals surface area contributed by atoms with E-state index in [1.165, 1.54) is 13.8 Å². The van der Waals surface area contributed by atoms with Gasteiger partial charge in [-0.25, -0.2) is 9.59 Å². The standard InChI is InChI=1S/C16H26O8/c1-11(15(19)20)23-13(17)9-7-5-3-4-6-8-10-14(18)24-12(2)16(21)22/h11-12H,3-10H2,1-2H3,(H,19,20)(H,21,22). The maximum atomic E-state index is 11.3. The van der Waals surface area contributed by atoms with E-state index in [1.54, 1.807) is 0 Å². The predicted molar refractivity (Wildman–Crippen MR) is 83.3 cm³/mol. The number of carbonyl (C=O) groups is 4. The number of hydrogen-bond donors (Lipinski definition) is 2. The van der Waals surface area contributed by atoms with Gasteiger partial charge in [0.05, 0.1) is 0 Å². The van der Waals surface area contributed by atoms with Gasteiger partial charge in [-0.3, -0.25) is 9.59 Å². The molecule has 0 saturated heterocycles. The summed E-state index contributed by atoms with van der Waals surface area (Å²) < 4.78 is 9.40. The van der Waals surface area contributed by atoms with Crippen molar-refractivity contribution < 1.29 is 38.9 Å². The van der Waals surface area contributed by atoms with Crippen LogP contribution in [0.15, 0.2) is 0 Å². The molecule has 0 saturated carbocycles. The topological polar surface area (TPSA) is 127 Å². The summed E-state index contributed by atoms with van der Waals surface area (Å²) in [5.41, 5.74) is 0. The molecule has 2 unspecified atom stereocenters. The molecule has 24 heavy (non-hydrogen) atoms. The Morgan fingerprint density at radius 3 is 1.25 bits per heavy atom. The van der Waals surface area contributed by atoms with Crippen molar-refractivity contribution in [2.45, 2.75) is 77.4 Å². The van der Waals surface area contributed by atoms with Gasteiger partial charge in [0.1, 0.15) is 0 Å². The van der Waals surface area contributed by atoms with Gasteiger partial charge >= 0.3 is 23.9 Å². The summed E-state index contributed by atoms with van der Waals surface area (Å²) in [6.45, 7) is 2.62. The van der Waals surface area contributed by atoms with E-state index in [9.17, 15) is 19.2 Å². The third kappa shape index (κ3) is 11.4. The fourth-order valence-corrected chi connectivity index (χ4v) is 1.86. The minimum atomic E-state index is -1.17. The van der Waals surface area contributed by atoms with Crippen LogP contribution in [0.4, 0.5) is 0 Å². The molecule has 0 aromatic carbocycles. The molecule has 0 heterocycles. The Kier molecular flexibility index (Phi) is 11.2. The van der Waals surface area contributed by atoms with Gasteiger partial charge in [0.25, 0.3) is 0 Å². The Balaban J connectivity index is 3.51. The number of carboxylic acid groups (broad SMARTS) is 2.